The molecule has 0 aliphatic heterocycles. The van der Waals surface area contributed by atoms with Gasteiger partial charge in [0.2, 0.25) is 0 Å². The molecule has 0 saturated heterocycles. The lowest BCUT2D eigenvalue weighted by Crippen LogP contribution is -2.48. The van der Waals surface area contributed by atoms with E-state index in [1.807, 2.05) is 34.6 Å². The third-order valence-corrected chi connectivity index (χ3v) is 6.55. The Morgan fingerprint density at radius 2 is 1.22 bits per heavy atom. The summed E-state index contributed by atoms with van der Waals surface area (Å²) in [6, 6.07) is 0.374. The van der Waals surface area contributed by atoms with Crippen molar-refractivity contribution in [2.75, 3.05) is 0 Å². The average Bonchev–Trinajstić information content (AvgIpc) is 2.80. The minimum atomic E-state index is -0.775. The fraction of sp³-hybridized carbons (Fsp3) is 1.00. The van der Waals surface area contributed by atoms with Gasteiger partial charge in [-0.2, -0.15) is 0 Å². The van der Waals surface area contributed by atoms with Gasteiger partial charge in [0.15, 0.2) is 0 Å². The van der Waals surface area contributed by atoms with Crippen molar-refractivity contribution in [2.24, 2.45) is 23.5 Å². The molecule has 4 heteroatoms. The summed E-state index contributed by atoms with van der Waals surface area (Å²) >= 11 is 6.13. The summed E-state index contributed by atoms with van der Waals surface area (Å²) in [5.41, 5.74) is 5.48. The molecule has 0 aliphatic rings. The molecule has 32 heavy (non-hydrogen) atoms. The van der Waals surface area contributed by atoms with Crippen LogP contribution in [0.3, 0.4) is 0 Å². The monoisotopic (exact) mass is 480 g/mol. The van der Waals surface area contributed by atoms with Crippen LogP contribution in [-0.4, -0.2) is 28.8 Å². The van der Waals surface area contributed by atoms with E-state index in [0.29, 0.717) is 17.3 Å². The maximum Gasteiger partial charge on any atom is 0.117 e. The molecule has 0 aromatic carbocycles. The Kier molecular flexibility index (Phi) is 35.9. The third kappa shape index (κ3) is 24.8. The second-order valence-corrected chi connectivity index (χ2v) is 9.45. The Bertz CT molecular complexity index is 325. The molecule has 3 nitrogen and oxygen atoms in total. The van der Waals surface area contributed by atoms with Gasteiger partial charge in [0, 0.05) is 17.5 Å². The van der Waals surface area contributed by atoms with Gasteiger partial charge in [0.1, 0.15) is 6.23 Å². The quantitative estimate of drug-likeness (QED) is 0.162. The van der Waals surface area contributed by atoms with Crippen LogP contribution in [0.2, 0.25) is 0 Å². The highest BCUT2D eigenvalue weighted by atomic mass is 35.5. The molecule has 0 fully saturated rings. The van der Waals surface area contributed by atoms with Crippen molar-refractivity contribution >= 4 is 11.6 Å². The first-order chi connectivity index (χ1) is 15.2. The van der Waals surface area contributed by atoms with Gasteiger partial charge in [-0.25, -0.2) is 0 Å². The van der Waals surface area contributed by atoms with E-state index in [1.165, 1.54) is 57.8 Å². The van der Waals surface area contributed by atoms with E-state index in [-0.39, 0.29) is 6.04 Å². The summed E-state index contributed by atoms with van der Waals surface area (Å²) in [5, 5.41) is 13.2. The molecule has 6 atom stereocenters. The highest BCUT2D eigenvalue weighted by Crippen LogP contribution is 2.23. The fourth-order valence-electron chi connectivity index (χ4n) is 3.69. The maximum atomic E-state index is 9.32. The molecule has 0 aromatic heterocycles. The van der Waals surface area contributed by atoms with E-state index >= 15 is 0 Å². The maximum absolute atomic E-state index is 9.32. The predicted octanol–water partition coefficient (Wildman–Crippen LogP) is 8.76. The number of hydrogen-bond donors (Lipinski definition) is 3. The first kappa shape index (κ1) is 39.4. The molecule has 0 aliphatic carbocycles. The molecular formula is C28H65ClN2O. The fourth-order valence-corrected chi connectivity index (χ4v) is 4.16. The average molecular weight is 481 g/mol. The smallest absolute Gasteiger partial charge is 0.117 e. The minimum absolute atomic E-state index is 0.0405. The molecule has 4 N–H and O–H groups in total. The van der Waals surface area contributed by atoms with Gasteiger partial charge in [-0.05, 0) is 57.3 Å². The molecule has 0 radical (unpaired) electrons. The Balaban J connectivity index is -0.000000225. The first-order valence-electron chi connectivity index (χ1n) is 14.0. The molecule has 0 amide bonds. The Labute approximate surface area is 210 Å². The third-order valence-electron chi connectivity index (χ3n) is 6.15. The van der Waals surface area contributed by atoms with Crippen LogP contribution in [0.1, 0.15) is 141 Å². The van der Waals surface area contributed by atoms with E-state index in [0.717, 1.165) is 11.8 Å². The largest absolute Gasteiger partial charge is 0.377 e. The Hall–Kier alpha value is 0.170. The number of alkyl halides is 1. The molecule has 6 unspecified atom stereocenters. The summed E-state index contributed by atoms with van der Waals surface area (Å²) in [6.45, 7) is 25.6. The predicted molar refractivity (Wildman–Crippen MR) is 151 cm³/mol. The van der Waals surface area contributed by atoms with E-state index in [2.05, 4.69) is 53.8 Å². The van der Waals surface area contributed by atoms with Crippen LogP contribution < -0.4 is 11.1 Å². The van der Waals surface area contributed by atoms with Crippen LogP contribution in [0, 0.1) is 17.8 Å². The van der Waals surface area contributed by atoms with Crippen LogP contribution in [0.5, 0.6) is 0 Å². The van der Waals surface area contributed by atoms with Crippen molar-refractivity contribution in [1.82, 2.24) is 5.32 Å². The zero-order valence-corrected chi connectivity index (χ0v) is 25.1. The van der Waals surface area contributed by atoms with E-state index in [1.54, 1.807) is 0 Å². The standard InChI is InChI=1S/C14H32N2O.C10H21Cl.2C2H6/c1-6-8-13(9-10(3)7-2)11(4)16-12(5)14(15)17;1-4-7-10(11)8-9(5-2)6-3;2*1-2/h10-14,16-17H,6-9,15H2,1-5H3;9-10H,4-8H2,1-3H3;2*1-2H3. The normalized spacial score (nSPS) is 16.1. The number of rotatable bonds is 15. The van der Waals surface area contributed by atoms with Crippen molar-refractivity contribution in [2.45, 2.75) is 165 Å². The van der Waals surface area contributed by atoms with Crippen molar-refractivity contribution in [3.05, 3.63) is 0 Å². The highest BCUT2D eigenvalue weighted by Gasteiger charge is 2.21. The van der Waals surface area contributed by atoms with Gasteiger partial charge < -0.3 is 16.2 Å². The molecule has 0 spiro atoms. The number of nitrogens with one attached hydrogen (secondary N) is 1. The molecular weight excluding hydrogens is 416 g/mol. The van der Waals surface area contributed by atoms with Crippen LogP contribution in [0.25, 0.3) is 0 Å². The Morgan fingerprint density at radius 3 is 1.56 bits per heavy atom. The molecule has 0 bridgehead atoms. The van der Waals surface area contributed by atoms with Crippen molar-refractivity contribution in [1.29, 1.82) is 0 Å². The second kappa shape index (κ2) is 29.2. The van der Waals surface area contributed by atoms with Crippen molar-refractivity contribution in [3.63, 3.8) is 0 Å². The molecule has 0 rings (SSSR count). The summed E-state index contributed by atoms with van der Waals surface area (Å²) in [4.78, 5) is 0. The number of aliphatic hydroxyl groups is 1. The zero-order chi connectivity index (χ0) is 26.1. The van der Waals surface area contributed by atoms with Gasteiger partial charge in [-0.3, -0.25) is 0 Å². The van der Waals surface area contributed by atoms with E-state index in [4.69, 9.17) is 17.3 Å². The minimum Gasteiger partial charge on any atom is -0.377 e. The van der Waals surface area contributed by atoms with Crippen molar-refractivity contribution in [3.8, 4) is 0 Å². The van der Waals surface area contributed by atoms with E-state index < -0.39 is 6.23 Å². The lowest BCUT2D eigenvalue weighted by Gasteiger charge is -2.30. The summed E-state index contributed by atoms with van der Waals surface area (Å²) in [7, 11) is 0. The highest BCUT2D eigenvalue weighted by molar-refractivity contribution is 6.20. The molecule has 0 heterocycles. The zero-order valence-electron chi connectivity index (χ0n) is 24.3. The van der Waals surface area contributed by atoms with Crippen LogP contribution in [0.4, 0.5) is 0 Å². The van der Waals surface area contributed by atoms with Gasteiger partial charge in [-0.1, -0.05) is 101 Å². The SMILES string of the molecule is CC.CC.CCCC(CC(C)CC)C(C)NC(C)C(N)O.CCCC(Cl)CC(CC)CC. The van der Waals surface area contributed by atoms with E-state index in [9.17, 15) is 5.11 Å². The summed E-state index contributed by atoms with van der Waals surface area (Å²) in [6.07, 6.45) is 10.3. The Morgan fingerprint density at radius 1 is 0.750 bits per heavy atom. The molecule has 0 aromatic rings. The van der Waals surface area contributed by atoms with Gasteiger partial charge in [-0.15, -0.1) is 11.6 Å². The summed E-state index contributed by atoms with van der Waals surface area (Å²) < 4.78 is 0. The topological polar surface area (TPSA) is 58.3 Å². The molecule has 200 valence electrons. The second-order valence-electron chi connectivity index (χ2n) is 8.84. The van der Waals surface area contributed by atoms with Crippen LogP contribution in [0.15, 0.2) is 0 Å². The first-order valence-corrected chi connectivity index (χ1v) is 14.4. The molecule has 0 saturated carbocycles. The lowest BCUT2D eigenvalue weighted by molar-refractivity contribution is 0.126. The van der Waals surface area contributed by atoms with Crippen molar-refractivity contribution < 1.29 is 5.11 Å². The van der Waals surface area contributed by atoms with Gasteiger partial charge in [0.25, 0.3) is 0 Å². The lowest BCUT2D eigenvalue weighted by atomic mass is 9.85. The number of nitrogens with two attached hydrogens (primary N) is 1. The number of halogens is 1. The number of hydrogen-bond acceptors (Lipinski definition) is 3. The van der Waals surface area contributed by atoms with Gasteiger partial charge >= 0.3 is 0 Å². The van der Waals surface area contributed by atoms with Gasteiger partial charge in [0.05, 0.1) is 0 Å². The summed E-state index contributed by atoms with van der Waals surface area (Å²) in [5.74, 6) is 2.30. The number of aliphatic hydroxyl groups excluding tert-OH is 1. The van der Waals surface area contributed by atoms with Crippen LogP contribution in [-0.2, 0) is 0 Å². The van der Waals surface area contributed by atoms with Crippen LogP contribution >= 0.6 is 11.6 Å².